The number of alkyl halides is 3. The summed E-state index contributed by atoms with van der Waals surface area (Å²) in [7, 11) is 0. The zero-order valence-corrected chi connectivity index (χ0v) is 13.2. The molecule has 0 atom stereocenters. The number of benzene rings is 1. The third-order valence-corrected chi connectivity index (χ3v) is 3.59. The molecule has 3 N–H and O–H groups in total. The Kier molecular flexibility index (Phi) is 4.44. The number of carboxylic acid groups (broad SMARTS) is 1. The number of hydrogen-bond acceptors (Lipinski definition) is 6. The number of hydrogen-bond donors (Lipinski definition) is 3. The lowest BCUT2D eigenvalue weighted by molar-refractivity contribution is -0.137. The second-order valence-electron chi connectivity index (χ2n) is 5.38. The van der Waals surface area contributed by atoms with Crippen LogP contribution in [0.5, 0.6) is 5.75 Å². The van der Waals surface area contributed by atoms with Crippen LogP contribution in [0.3, 0.4) is 0 Å². The second kappa shape index (κ2) is 6.59. The highest BCUT2D eigenvalue weighted by Crippen LogP contribution is 2.37. The minimum atomic E-state index is -4.51. The number of carboxylic acids is 1. The molecule has 0 bridgehead atoms. The van der Waals surface area contributed by atoms with E-state index in [1.165, 1.54) is 0 Å². The maximum Gasteiger partial charge on any atom is 0.416 e. The molecule has 3 rings (SSSR count). The first-order valence-electron chi connectivity index (χ1n) is 7.33. The van der Waals surface area contributed by atoms with Crippen LogP contribution in [0, 0.1) is 0 Å². The normalized spacial score (nSPS) is 11.5. The summed E-state index contributed by atoms with van der Waals surface area (Å²) in [6, 6.07) is 3.97. The van der Waals surface area contributed by atoms with Crippen LogP contribution in [0.1, 0.15) is 16.1 Å². The van der Waals surface area contributed by atoms with Crippen LogP contribution in [0.2, 0.25) is 0 Å². The number of aromatic hydroxyl groups is 1. The second-order valence-corrected chi connectivity index (χ2v) is 5.38. The molecule has 11 heteroatoms. The molecule has 27 heavy (non-hydrogen) atoms. The first-order valence-corrected chi connectivity index (χ1v) is 7.33. The zero-order chi connectivity index (χ0) is 19.8. The van der Waals surface area contributed by atoms with Gasteiger partial charge in [-0.1, -0.05) is 17.3 Å². The Morgan fingerprint density at radius 1 is 1.19 bits per heavy atom. The fraction of sp³-hybridized carbons (Fsp3) is 0.125. The molecule has 0 aliphatic rings. The summed E-state index contributed by atoms with van der Waals surface area (Å²) in [4.78, 5) is 26.2. The van der Waals surface area contributed by atoms with Crippen molar-refractivity contribution in [3.8, 4) is 17.0 Å². The van der Waals surface area contributed by atoms with E-state index in [9.17, 15) is 27.9 Å². The number of halogens is 3. The van der Waals surface area contributed by atoms with Gasteiger partial charge in [-0.3, -0.25) is 9.59 Å². The fourth-order valence-corrected chi connectivity index (χ4v) is 2.34. The first kappa shape index (κ1) is 18.2. The Morgan fingerprint density at radius 2 is 1.85 bits per heavy atom. The minimum absolute atomic E-state index is 0.00261. The summed E-state index contributed by atoms with van der Waals surface area (Å²) < 4.78 is 43.0. The number of rotatable bonds is 4. The van der Waals surface area contributed by atoms with Gasteiger partial charge in [0, 0.05) is 5.56 Å². The molecular formula is C16H10F3N3O5. The maximum absolute atomic E-state index is 12.7. The number of pyridine rings is 1. The molecule has 140 valence electrons. The zero-order valence-electron chi connectivity index (χ0n) is 13.2. The Bertz CT molecular complexity index is 1030. The van der Waals surface area contributed by atoms with Crippen LogP contribution in [-0.2, 0) is 11.0 Å². The van der Waals surface area contributed by atoms with E-state index in [1.807, 2.05) is 5.32 Å². The molecule has 0 saturated heterocycles. The Morgan fingerprint density at radius 3 is 2.44 bits per heavy atom. The van der Waals surface area contributed by atoms with Crippen molar-refractivity contribution in [2.75, 3.05) is 6.54 Å². The summed E-state index contributed by atoms with van der Waals surface area (Å²) in [5.41, 5.74) is -1.12. The molecule has 0 spiro atoms. The average Bonchev–Trinajstić information content (AvgIpc) is 3.04. The third kappa shape index (κ3) is 3.52. The molecule has 0 radical (unpaired) electrons. The molecule has 2 heterocycles. The molecule has 0 aliphatic carbocycles. The van der Waals surface area contributed by atoms with Gasteiger partial charge in [0.2, 0.25) is 0 Å². The van der Waals surface area contributed by atoms with Crippen LogP contribution >= 0.6 is 0 Å². The third-order valence-electron chi connectivity index (χ3n) is 3.59. The molecule has 2 aromatic heterocycles. The number of aliphatic carboxylic acids is 1. The molecule has 3 aromatic rings. The quantitative estimate of drug-likeness (QED) is 0.634. The highest BCUT2D eigenvalue weighted by Gasteiger charge is 2.30. The lowest BCUT2D eigenvalue weighted by atomic mass is 10.0. The average molecular weight is 381 g/mol. The Hall–Kier alpha value is -3.63. The van der Waals surface area contributed by atoms with Gasteiger partial charge in [-0.2, -0.15) is 13.2 Å². The smallest absolute Gasteiger partial charge is 0.416 e. The predicted molar refractivity (Wildman–Crippen MR) is 83.9 cm³/mol. The number of amides is 1. The lowest BCUT2D eigenvalue weighted by Crippen LogP contribution is -2.29. The van der Waals surface area contributed by atoms with E-state index in [4.69, 9.17) is 9.63 Å². The van der Waals surface area contributed by atoms with Gasteiger partial charge in [-0.15, -0.1) is 0 Å². The van der Waals surface area contributed by atoms with E-state index in [0.29, 0.717) is 0 Å². The van der Waals surface area contributed by atoms with Crippen molar-refractivity contribution in [1.82, 2.24) is 15.5 Å². The van der Waals surface area contributed by atoms with Crippen LogP contribution in [-0.4, -0.2) is 38.8 Å². The Labute approximate surface area is 148 Å². The number of carbonyl (C=O) groups is 2. The van der Waals surface area contributed by atoms with Crippen molar-refractivity contribution >= 4 is 22.8 Å². The molecular weight excluding hydrogens is 371 g/mol. The maximum atomic E-state index is 12.7. The van der Waals surface area contributed by atoms with Crippen molar-refractivity contribution in [3.05, 3.63) is 41.7 Å². The fourth-order valence-electron chi connectivity index (χ4n) is 2.34. The molecule has 1 amide bonds. The summed E-state index contributed by atoms with van der Waals surface area (Å²) in [6.45, 7) is -0.687. The monoisotopic (exact) mass is 381 g/mol. The first-order chi connectivity index (χ1) is 12.7. The van der Waals surface area contributed by atoms with E-state index in [0.717, 1.165) is 30.5 Å². The van der Waals surface area contributed by atoms with Crippen LogP contribution in [0.15, 0.2) is 35.0 Å². The molecule has 0 fully saturated rings. The van der Waals surface area contributed by atoms with Crippen molar-refractivity contribution in [1.29, 1.82) is 0 Å². The summed E-state index contributed by atoms with van der Waals surface area (Å²) in [5, 5.41) is 24.7. The van der Waals surface area contributed by atoms with Crippen LogP contribution in [0.25, 0.3) is 22.2 Å². The molecule has 0 unspecified atom stereocenters. The summed E-state index contributed by atoms with van der Waals surface area (Å²) in [6.07, 6.45) is -3.42. The number of nitrogens with zero attached hydrogens (tertiary/aromatic N) is 2. The molecule has 1 aromatic carbocycles. The van der Waals surface area contributed by atoms with Gasteiger partial charge in [0.25, 0.3) is 5.91 Å². The van der Waals surface area contributed by atoms with E-state index >= 15 is 0 Å². The van der Waals surface area contributed by atoms with Gasteiger partial charge >= 0.3 is 12.1 Å². The number of fused-ring (bicyclic) bond motifs is 1. The van der Waals surface area contributed by atoms with Gasteiger partial charge in [-0.25, -0.2) is 4.98 Å². The summed E-state index contributed by atoms with van der Waals surface area (Å²) >= 11 is 0. The highest BCUT2D eigenvalue weighted by atomic mass is 19.4. The molecule has 8 nitrogen and oxygen atoms in total. The van der Waals surface area contributed by atoms with Gasteiger partial charge < -0.3 is 20.1 Å². The van der Waals surface area contributed by atoms with Crippen molar-refractivity contribution < 1.29 is 37.5 Å². The number of carbonyl (C=O) groups excluding carboxylic acids is 1. The largest absolute Gasteiger partial charge is 0.505 e. The van der Waals surface area contributed by atoms with Gasteiger partial charge in [-0.05, 0) is 12.1 Å². The van der Waals surface area contributed by atoms with Crippen molar-refractivity contribution in [2.24, 2.45) is 0 Å². The lowest BCUT2D eigenvalue weighted by Gasteiger charge is -2.07. The SMILES string of the molecule is O=C(O)CNC(=O)c1ncc2onc(-c3ccc(C(F)(F)F)cc3)c2c1O. The molecule has 0 aliphatic heterocycles. The number of nitrogens with one attached hydrogen (secondary N) is 1. The van der Waals surface area contributed by atoms with E-state index in [2.05, 4.69) is 10.1 Å². The van der Waals surface area contributed by atoms with Crippen LogP contribution in [0.4, 0.5) is 13.2 Å². The van der Waals surface area contributed by atoms with Gasteiger partial charge in [0.15, 0.2) is 17.0 Å². The summed E-state index contributed by atoms with van der Waals surface area (Å²) in [5.74, 6) is -2.87. The minimum Gasteiger partial charge on any atom is -0.505 e. The Balaban J connectivity index is 2.03. The van der Waals surface area contributed by atoms with Crippen LogP contribution < -0.4 is 5.32 Å². The van der Waals surface area contributed by atoms with Gasteiger partial charge in [0.05, 0.1) is 17.1 Å². The standard InChI is InChI=1S/C16H10F3N3O5/c17-16(18,19)8-3-1-7(2-4-8)12-11-9(27-22-12)5-20-13(14(11)25)15(26)21-6-10(23)24/h1-5,25H,6H2,(H,21,26)(H,23,24). The van der Waals surface area contributed by atoms with Gasteiger partial charge in [0.1, 0.15) is 12.2 Å². The van der Waals surface area contributed by atoms with E-state index < -0.39 is 41.6 Å². The van der Waals surface area contributed by atoms with Crippen molar-refractivity contribution in [2.45, 2.75) is 6.18 Å². The predicted octanol–water partition coefficient (Wildman–Crippen LogP) is 2.43. The van der Waals surface area contributed by atoms with E-state index in [-0.39, 0.29) is 22.2 Å². The topological polar surface area (TPSA) is 126 Å². The number of aromatic nitrogens is 2. The highest BCUT2D eigenvalue weighted by molar-refractivity contribution is 6.04. The molecule has 0 saturated carbocycles. The van der Waals surface area contributed by atoms with E-state index in [1.54, 1.807) is 0 Å². The van der Waals surface area contributed by atoms with Crippen molar-refractivity contribution in [3.63, 3.8) is 0 Å².